The Bertz CT molecular complexity index is 2870. The molecule has 8 aromatic carbocycles. The van der Waals surface area contributed by atoms with E-state index in [1.807, 2.05) is 54.6 Å². The summed E-state index contributed by atoms with van der Waals surface area (Å²) in [6, 6.07) is 63.4. The van der Waals surface area contributed by atoms with Crippen LogP contribution in [0.25, 0.3) is 54.5 Å². The summed E-state index contributed by atoms with van der Waals surface area (Å²) < 4.78 is 14.1. The zero-order valence-corrected chi connectivity index (χ0v) is 32.4. The molecule has 0 radical (unpaired) electrons. The number of anilines is 6. The number of rotatable bonds is 5. The van der Waals surface area contributed by atoms with E-state index < -0.39 is 0 Å². The Balaban J connectivity index is 1.15. The van der Waals surface area contributed by atoms with Gasteiger partial charge in [-0.15, -0.1) is 11.3 Å². The van der Waals surface area contributed by atoms with Gasteiger partial charge in [-0.05, 0) is 91.0 Å². The van der Waals surface area contributed by atoms with Crippen molar-refractivity contribution in [3.8, 4) is 44.7 Å². The van der Waals surface area contributed by atoms with E-state index in [2.05, 4.69) is 137 Å². The third kappa shape index (κ3) is 5.34. The standard InChI is InChI=1S/C50H30N4O2S2/c1-7-19-43-35(13-1)51-49(56-43)31-25-27-33(41(29-31)54-39-17-5-11-23-47(39)57-48-24-12-6-18-40(48)54)34-28-26-32(50-52-36-14-2-10-22-46(36)58-50)30-42(34)53-37-15-3-8-20-44(37)55-45-21-9-4-16-38(45)53/h1-30H. The van der Waals surface area contributed by atoms with Crippen LogP contribution in [-0.2, 0) is 0 Å². The number of thiazole rings is 1. The van der Waals surface area contributed by atoms with Crippen molar-refractivity contribution in [2.75, 3.05) is 9.80 Å². The van der Waals surface area contributed by atoms with Gasteiger partial charge in [0.2, 0.25) is 5.89 Å². The van der Waals surface area contributed by atoms with Crippen LogP contribution in [-0.4, -0.2) is 9.97 Å². The van der Waals surface area contributed by atoms with Crippen molar-refractivity contribution in [3.63, 3.8) is 0 Å². The first-order valence-corrected chi connectivity index (χ1v) is 20.7. The normalized spacial score (nSPS) is 12.8. The Labute approximate surface area is 342 Å². The molecule has 0 aliphatic carbocycles. The third-order valence-electron chi connectivity index (χ3n) is 10.7. The van der Waals surface area contributed by atoms with Crippen LogP contribution in [0.1, 0.15) is 0 Å². The maximum absolute atomic E-state index is 6.54. The smallest absolute Gasteiger partial charge is 0.227 e. The maximum Gasteiger partial charge on any atom is 0.227 e. The average molecular weight is 783 g/mol. The fourth-order valence-corrected chi connectivity index (χ4v) is 10.1. The number of benzene rings is 8. The minimum absolute atomic E-state index is 0.574. The molecular weight excluding hydrogens is 753 g/mol. The second-order valence-corrected chi connectivity index (χ2v) is 16.3. The molecule has 6 nitrogen and oxygen atoms in total. The van der Waals surface area contributed by atoms with Crippen LogP contribution in [0.3, 0.4) is 0 Å². The van der Waals surface area contributed by atoms with Gasteiger partial charge in [0.15, 0.2) is 17.1 Å². The second kappa shape index (κ2) is 13.2. The van der Waals surface area contributed by atoms with Gasteiger partial charge in [-0.1, -0.05) is 103 Å². The van der Waals surface area contributed by atoms with E-state index in [1.54, 1.807) is 23.1 Å². The van der Waals surface area contributed by atoms with E-state index in [4.69, 9.17) is 19.1 Å². The van der Waals surface area contributed by atoms with Crippen LogP contribution < -0.4 is 14.5 Å². The Kier molecular flexibility index (Phi) is 7.54. The maximum atomic E-state index is 6.54. The number of ether oxygens (including phenoxy) is 1. The number of para-hydroxylation sites is 9. The van der Waals surface area contributed by atoms with E-state index in [0.717, 1.165) is 94.2 Å². The fourth-order valence-electron chi connectivity index (χ4n) is 8.07. The Hall–Kier alpha value is -7.13. The van der Waals surface area contributed by atoms with Crippen LogP contribution in [0, 0.1) is 0 Å². The predicted molar refractivity (Wildman–Crippen MR) is 237 cm³/mol. The van der Waals surface area contributed by atoms with E-state index in [-0.39, 0.29) is 0 Å². The molecule has 0 spiro atoms. The van der Waals surface area contributed by atoms with Crippen molar-refractivity contribution in [1.29, 1.82) is 0 Å². The lowest BCUT2D eigenvalue weighted by molar-refractivity contribution is 0.477. The van der Waals surface area contributed by atoms with E-state index in [0.29, 0.717) is 5.89 Å². The molecule has 0 saturated heterocycles. The number of hydrogen-bond acceptors (Lipinski definition) is 8. The van der Waals surface area contributed by atoms with E-state index in [1.165, 1.54) is 9.79 Å². The topological polar surface area (TPSA) is 54.6 Å². The molecule has 0 atom stereocenters. The van der Waals surface area contributed by atoms with Crippen molar-refractivity contribution in [2.45, 2.75) is 9.79 Å². The molecule has 4 heterocycles. The summed E-state index contributed by atoms with van der Waals surface area (Å²) in [5, 5.41) is 0.964. The summed E-state index contributed by atoms with van der Waals surface area (Å²) in [4.78, 5) is 17.2. The first-order valence-electron chi connectivity index (χ1n) is 19.1. The van der Waals surface area contributed by atoms with Crippen molar-refractivity contribution in [2.24, 2.45) is 0 Å². The number of aromatic nitrogens is 2. The van der Waals surface area contributed by atoms with Gasteiger partial charge in [0, 0.05) is 32.0 Å². The monoisotopic (exact) mass is 782 g/mol. The Morgan fingerprint density at radius 1 is 0.431 bits per heavy atom. The highest BCUT2D eigenvalue weighted by molar-refractivity contribution is 7.99. The van der Waals surface area contributed by atoms with Crippen LogP contribution in [0.15, 0.2) is 196 Å². The average Bonchev–Trinajstić information content (AvgIpc) is 3.92. The lowest BCUT2D eigenvalue weighted by Crippen LogP contribution is -2.18. The summed E-state index contributed by atoms with van der Waals surface area (Å²) in [5.41, 5.74) is 12.7. The molecule has 0 unspecified atom stereocenters. The summed E-state index contributed by atoms with van der Waals surface area (Å²) in [6.45, 7) is 0. The van der Waals surface area contributed by atoms with Crippen LogP contribution in [0.2, 0.25) is 0 Å². The summed E-state index contributed by atoms with van der Waals surface area (Å²) in [6.07, 6.45) is 0. The predicted octanol–water partition coefficient (Wildman–Crippen LogP) is 14.9. The van der Waals surface area contributed by atoms with E-state index >= 15 is 0 Å². The molecule has 2 aliphatic heterocycles. The Morgan fingerprint density at radius 2 is 0.966 bits per heavy atom. The molecule has 58 heavy (non-hydrogen) atoms. The molecule has 2 aromatic heterocycles. The molecular formula is C50H30N4O2S2. The molecule has 274 valence electrons. The largest absolute Gasteiger partial charge is 0.453 e. The molecule has 0 N–H and O–H groups in total. The van der Waals surface area contributed by atoms with Crippen LogP contribution in [0.5, 0.6) is 11.5 Å². The lowest BCUT2D eigenvalue weighted by Gasteiger charge is -2.36. The minimum atomic E-state index is 0.574. The summed E-state index contributed by atoms with van der Waals surface area (Å²) in [7, 11) is 0. The highest BCUT2D eigenvalue weighted by Gasteiger charge is 2.31. The number of hydrogen-bond donors (Lipinski definition) is 0. The molecule has 10 aromatic rings. The highest BCUT2D eigenvalue weighted by atomic mass is 32.2. The van der Waals surface area contributed by atoms with Gasteiger partial charge in [0.1, 0.15) is 10.5 Å². The summed E-state index contributed by atoms with van der Waals surface area (Å²) in [5.74, 6) is 2.16. The quantitative estimate of drug-likeness (QED) is 0.172. The van der Waals surface area contributed by atoms with Crippen molar-refractivity contribution < 1.29 is 9.15 Å². The Morgan fingerprint density at radius 3 is 1.64 bits per heavy atom. The summed E-state index contributed by atoms with van der Waals surface area (Å²) >= 11 is 3.51. The molecule has 8 heteroatoms. The fraction of sp³-hybridized carbons (Fsp3) is 0. The minimum Gasteiger partial charge on any atom is -0.453 e. The van der Waals surface area contributed by atoms with Gasteiger partial charge in [-0.25, -0.2) is 9.97 Å². The van der Waals surface area contributed by atoms with Gasteiger partial charge in [0.25, 0.3) is 0 Å². The molecule has 0 fully saturated rings. The van der Waals surface area contributed by atoms with Gasteiger partial charge in [0.05, 0.1) is 44.3 Å². The zero-order chi connectivity index (χ0) is 38.2. The van der Waals surface area contributed by atoms with E-state index in [9.17, 15) is 0 Å². The van der Waals surface area contributed by atoms with Gasteiger partial charge in [-0.3, -0.25) is 0 Å². The van der Waals surface area contributed by atoms with Crippen molar-refractivity contribution in [1.82, 2.24) is 9.97 Å². The van der Waals surface area contributed by atoms with Gasteiger partial charge >= 0.3 is 0 Å². The van der Waals surface area contributed by atoms with Crippen molar-refractivity contribution in [3.05, 3.63) is 182 Å². The molecule has 12 rings (SSSR count). The first-order chi connectivity index (χ1) is 28.7. The zero-order valence-electron chi connectivity index (χ0n) is 30.7. The number of nitrogens with zero attached hydrogens (tertiary/aromatic N) is 4. The van der Waals surface area contributed by atoms with Gasteiger partial charge < -0.3 is 19.0 Å². The number of oxazole rings is 1. The first kappa shape index (κ1) is 33.1. The molecule has 0 bridgehead atoms. The van der Waals surface area contributed by atoms with Crippen molar-refractivity contribution >= 4 is 78.5 Å². The second-order valence-electron chi connectivity index (χ2n) is 14.2. The number of fused-ring (bicyclic) bond motifs is 6. The SMILES string of the molecule is c1ccc2c(c1)Oc1ccccc1N2c1cc(-c2nc3ccccc3s2)ccc1-c1ccc(-c2nc3ccccc3o2)cc1N1c2ccccc2Sc2ccccc21. The third-order valence-corrected chi connectivity index (χ3v) is 12.9. The van der Waals surface area contributed by atoms with Crippen LogP contribution >= 0.6 is 23.1 Å². The molecule has 2 aliphatic rings. The molecule has 0 saturated carbocycles. The van der Waals surface area contributed by atoms with Gasteiger partial charge in [-0.2, -0.15) is 0 Å². The molecule has 0 amide bonds. The highest BCUT2D eigenvalue weighted by Crippen LogP contribution is 2.57. The van der Waals surface area contributed by atoms with Crippen LogP contribution in [0.4, 0.5) is 34.1 Å². The lowest BCUT2D eigenvalue weighted by atomic mass is 9.95.